The summed E-state index contributed by atoms with van der Waals surface area (Å²) in [5, 5.41) is 62.2. The van der Waals surface area contributed by atoms with Crippen LogP contribution < -0.4 is 0 Å². The van der Waals surface area contributed by atoms with Crippen molar-refractivity contribution in [3.63, 3.8) is 0 Å². The summed E-state index contributed by atoms with van der Waals surface area (Å²) in [6.45, 7) is 2.50. The summed E-state index contributed by atoms with van der Waals surface area (Å²) in [6, 6.07) is 1.82. The van der Waals surface area contributed by atoms with E-state index in [9.17, 15) is 40.7 Å². The molecule has 0 amide bonds. The van der Waals surface area contributed by atoms with Gasteiger partial charge in [-0.05, 0) is 26.0 Å². The molecule has 10 nitrogen and oxygen atoms in total. The number of hydrogen-bond acceptors (Lipinski definition) is 8. The maximum absolute atomic E-state index is 11.3. The van der Waals surface area contributed by atoms with E-state index in [0.717, 1.165) is 12.1 Å². The van der Waals surface area contributed by atoms with Crippen LogP contribution >= 0.6 is 0 Å². The number of nitro benzene ring substituents is 2. The van der Waals surface area contributed by atoms with Gasteiger partial charge in [-0.2, -0.15) is 0 Å². The van der Waals surface area contributed by atoms with E-state index in [-0.39, 0.29) is 11.1 Å². The number of nitro groups is 2. The van der Waals surface area contributed by atoms with Crippen molar-refractivity contribution >= 4 is 11.4 Å². The fraction of sp³-hybridized carbons (Fsp3) is 0.143. The lowest BCUT2D eigenvalue weighted by atomic mass is 9.94. The van der Waals surface area contributed by atoms with E-state index in [4.69, 9.17) is 0 Å². The van der Waals surface area contributed by atoms with Crippen molar-refractivity contribution in [3.8, 4) is 34.1 Å². The molecule has 0 bridgehead atoms. The minimum absolute atomic E-state index is 0.0972. The van der Waals surface area contributed by atoms with Gasteiger partial charge >= 0.3 is 0 Å². The smallest absolute Gasteiger partial charge is 0.284 e. The lowest BCUT2D eigenvalue weighted by molar-refractivity contribution is -0.387. The standard InChI is InChI=1S/C14H12N2O8/c1-5-3-7(17)13(19)9(11(5)15(21)22)10-12(16(23)24)6(2)4-8(18)14(10)20/h3-4,17-20H,1-2H3. The van der Waals surface area contributed by atoms with E-state index >= 15 is 0 Å². The highest BCUT2D eigenvalue weighted by molar-refractivity contribution is 5.93. The summed E-state index contributed by atoms with van der Waals surface area (Å²) in [5.41, 5.74) is -3.18. The van der Waals surface area contributed by atoms with Gasteiger partial charge in [-0.15, -0.1) is 0 Å². The Morgan fingerprint density at radius 2 is 1.04 bits per heavy atom. The first-order valence-electron chi connectivity index (χ1n) is 6.48. The molecule has 10 heteroatoms. The summed E-state index contributed by atoms with van der Waals surface area (Å²) in [7, 11) is 0. The Balaban J connectivity index is 3.13. The molecular weight excluding hydrogens is 324 g/mol. The van der Waals surface area contributed by atoms with Crippen molar-refractivity contribution in [3.05, 3.63) is 43.5 Å². The molecule has 2 aromatic carbocycles. The average Bonchev–Trinajstić information content (AvgIpc) is 2.45. The highest BCUT2D eigenvalue weighted by Crippen LogP contribution is 2.53. The molecule has 4 N–H and O–H groups in total. The molecule has 0 aromatic heterocycles. The predicted molar refractivity (Wildman–Crippen MR) is 81.3 cm³/mol. The molecule has 0 atom stereocenters. The van der Waals surface area contributed by atoms with Crippen LogP contribution in [0.5, 0.6) is 23.0 Å². The van der Waals surface area contributed by atoms with Gasteiger partial charge in [0.25, 0.3) is 11.4 Å². The largest absolute Gasteiger partial charge is 0.504 e. The van der Waals surface area contributed by atoms with Crippen LogP contribution in [0.2, 0.25) is 0 Å². The minimum atomic E-state index is -1.02. The van der Waals surface area contributed by atoms with E-state index in [1.54, 1.807) is 0 Å². The first-order valence-corrected chi connectivity index (χ1v) is 6.48. The van der Waals surface area contributed by atoms with Crippen molar-refractivity contribution in [1.82, 2.24) is 0 Å². The van der Waals surface area contributed by atoms with Crippen LogP contribution in [-0.2, 0) is 0 Å². The lowest BCUT2D eigenvalue weighted by Gasteiger charge is -2.13. The molecule has 0 aliphatic carbocycles. The third kappa shape index (κ3) is 2.39. The van der Waals surface area contributed by atoms with Gasteiger partial charge in [0.1, 0.15) is 11.1 Å². The van der Waals surface area contributed by atoms with Crippen LogP contribution in [0.3, 0.4) is 0 Å². The van der Waals surface area contributed by atoms with Crippen LogP contribution in [0.25, 0.3) is 11.1 Å². The molecule has 0 saturated heterocycles. The van der Waals surface area contributed by atoms with Crippen LogP contribution in [0.1, 0.15) is 11.1 Å². The molecule has 0 radical (unpaired) electrons. The number of hydrogen-bond donors (Lipinski definition) is 4. The van der Waals surface area contributed by atoms with Gasteiger partial charge in [0.2, 0.25) is 0 Å². The zero-order chi connectivity index (χ0) is 18.3. The molecule has 0 spiro atoms. The van der Waals surface area contributed by atoms with Crippen molar-refractivity contribution in [2.45, 2.75) is 13.8 Å². The molecule has 0 fully saturated rings. The summed E-state index contributed by atoms with van der Waals surface area (Å²) < 4.78 is 0. The fourth-order valence-electron chi connectivity index (χ4n) is 2.50. The van der Waals surface area contributed by atoms with Gasteiger partial charge in [-0.3, -0.25) is 20.2 Å². The van der Waals surface area contributed by atoms with Crippen LogP contribution in [-0.4, -0.2) is 30.3 Å². The molecule has 0 unspecified atom stereocenters. The van der Waals surface area contributed by atoms with Crippen LogP contribution in [0.4, 0.5) is 11.4 Å². The Kier molecular flexibility index (Phi) is 3.90. The normalized spacial score (nSPS) is 10.6. The first kappa shape index (κ1) is 16.8. The van der Waals surface area contributed by atoms with Gasteiger partial charge in [0.15, 0.2) is 23.0 Å². The maximum Gasteiger partial charge on any atom is 0.284 e. The third-order valence-corrected chi connectivity index (χ3v) is 3.50. The van der Waals surface area contributed by atoms with Gasteiger partial charge in [-0.1, -0.05) is 0 Å². The lowest BCUT2D eigenvalue weighted by Crippen LogP contribution is -2.01. The number of benzene rings is 2. The van der Waals surface area contributed by atoms with Crippen LogP contribution in [0.15, 0.2) is 12.1 Å². The Labute approximate surface area is 134 Å². The van der Waals surface area contributed by atoms with Crippen LogP contribution in [0, 0.1) is 34.1 Å². The van der Waals surface area contributed by atoms with E-state index in [0.29, 0.717) is 0 Å². The number of nitrogens with zero attached hydrogens (tertiary/aromatic N) is 2. The number of rotatable bonds is 3. The van der Waals surface area contributed by atoms with Crippen molar-refractivity contribution in [1.29, 1.82) is 0 Å². The number of aryl methyl sites for hydroxylation is 2. The first-order chi connectivity index (χ1) is 11.1. The van der Waals surface area contributed by atoms with Gasteiger partial charge in [-0.25, -0.2) is 0 Å². The summed E-state index contributed by atoms with van der Waals surface area (Å²) in [6.07, 6.45) is 0. The predicted octanol–water partition coefficient (Wildman–Crippen LogP) is 2.61. The number of phenols is 4. The Hall–Kier alpha value is -3.56. The molecule has 126 valence electrons. The second-order valence-electron chi connectivity index (χ2n) is 5.08. The van der Waals surface area contributed by atoms with Gasteiger partial charge in [0.05, 0.1) is 9.85 Å². The number of aromatic hydroxyl groups is 4. The second kappa shape index (κ2) is 5.57. The van der Waals surface area contributed by atoms with E-state index < -0.39 is 55.3 Å². The van der Waals surface area contributed by atoms with Crippen molar-refractivity contribution in [2.24, 2.45) is 0 Å². The van der Waals surface area contributed by atoms with Gasteiger partial charge < -0.3 is 20.4 Å². The minimum Gasteiger partial charge on any atom is -0.504 e. The average molecular weight is 336 g/mol. The monoisotopic (exact) mass is 336 g/mol. The highest BCUT2D eigenvalue weighted by Gasteiger charge is 2.35. The highest BCUT2D eigenvalue weighted by atomic mass is 16.6. The molecule has 0 aliphatic rings. The summed E-state index contributed by atoms with van der Waals surface area (Å²) >= 11 is 0. The molecule has 24 heavy (non-hydrogen) atoms. The summed E-state index contributed by atoms with van der Waals surface area (Å²) in [4.78, 5) is 20.9. The van der Waals surface area contributed by atoms with Crippen molar-refractivity contribution < 1.29 is 30.3 Å². The SMILES string of the molecule is Cc1cc(O)c(O)c(-c2c(O)c(O)cc(C)c2[N+](=O)[O-])c1[N+](=O)[O-]. The second-order valence-corrected chi connectivity index (χ2v) is 5.08. The Morgan fingerprint density at radius 3 is 1.29 bits per heavy atom. The molecule has 0 saturated carbocycles. The Bertz CT molecular complexity index is 818. The third-order valence-electron chi connectivity index (χ3n) is 3.50. The summed E-state index contributed by atoms with van der Waals surface area (Å²) in [5.74, 6) is -3.56. The molecule has 0 aliphatic heterocycles. The van der Waals surface area contributed by atoms with Crippen molar-refractivity contribution in [2.75, 3.05) is 0 Å². The van der Waals surface area contributed by atoms with Gasteiger partial charge in [0, 0.05) is 11.1 Å². The molecule has 0 heterocycles. The topological polar surface area (TPSA) is 167 Å². The fourth-order valence-corrected chi connectivity index (χ4v) is 2.50. The van der Waals surface area contributed by atoms with E-state index in [2.05, 4.69) is 0 Å². The molecule has 2 rings (SSSR count). The quantitative estimate of drug-likeness (QED) is 0.377. The molecule has 2 aromatic rings. The zero-order valence-corrected chi connectivity index (χ0v) is 12.5. The maximum atomic E-state index is 11.3. The van der Waals surface area contributed by atoms with E-state index in [1.165, 1.54) is 13.8 Å². The number of phenolic OH excluding ortho intramolecular Hbond substituents is 4. The Morgan fingerprint density at radius 1 is 0.750 bits per heavy atom. The zero-order valence-electron chi connectivity index (χ0n) is 12.5. The molecular formula is C14H12N2O8. The van der Waals surface area contributed by atoms with E-state index in [1.807, 2.05) is 0 Å².